The molecule has 0 aliphatic heterocycles. The van der Waals surface area contributed by atoms with Gasteiger partial charge in [0, 0.05) is 0 Å². The Kier molecular flexibility index (Phi) is 10.1. The standard InChI is InChI=1S/C15H32O/c1-5-6-7-9-13(2)10-8-11-14(3)12-15(4)16/h13-16H,5-12H2,1-4H3/t13-,14+,15?/m0/s1. The van der Waals surface area contributed by atoms with Crippen LogP contribution in [-0.2, 0) is 0 Å². The zero-order valence-corrected chi connectivity index (χ0v) is 11.8. The molecule has 0 spiro atoms. The van der Waals surface area contributed by atoms with E-state index in [4.69, 9.17) is 0 Å². The second-order valence-electron chi connectivity index (χ2n) is 5.72. The first-order chi connectivity index (χ1) is 7.56. The van der Waals surface area contributed by atoms with Crippen LogP contribution in [0.2, 0.25) is 0 Å². The fourth-order valence-corrected chi connectivity index (χ4v) is 2.40. The van der Waals surface area contributed by atoms with Crippen molar-refractivity contribution in [3.05, 3.63) is 0 Å². The number of hydrogen-bond donors (Lipinski definition) is 1. The molecule has 0 aliphatic carbocycles. The van der Waals surface area contributed by atoms with Crippen molar-refractivity contribution in [1.82, 2.24) is 0 Å². The minimum Gasteiger partial charge on any atom is -0.393 e. The summed E-state index contributed by atoms with van der Waals surface area (Å²) in [4.78, 5) is 0. The van der Waals surface area contributed by atoms with E-state index in [2.05, 4.69) is 20.8 Å². The summed E-state index contributed by atoms with van der Waals surface area (Å²) in [5.41, 5.74) is 0. The van der Waals surface area contributed by atoms with Crippen LogP contribution in [0.5, 0.6) is 0 Å². The zero-order valence-electron chi connectivity index (χ0n) is 11.8. The number of unbranched alkanes of at least 4 members (excludes halogenated alkanes) is 2. The predicted octanol–water partition coefficient (Wildman–Crippen LogP) is 4.78. The van der Waals surface area contributed by atoms with Crippen LogP contribution in [-0.4, -0.2) is 11.2 Å². The van der Waals surface area contributed by atoms with Gasteiger partial charge in [-0.2, -0.15) is 0 Å². The first-order valence-corrected chi connectivity index (χ1v) is 7.24. The second kappa shape index (κ2) is 10.1. The average Bonchev–Trinajstić information content (AvgIpc) is 2.17. The van der Waals surface area contributed by atoms with E-state index < -0.39 is 0 Å². The first-order valence-electron chi connectivity index (χ1n) is 7.24. The van der Waals surface area contributed by atoms with Crippen LogP contribution in [0.3, 0.4) is 0 Å². The Morgan fingerprint density at radius 1 is 0.812 bits per heavy atom. The largest absolute Gasteiger partial charge is 0.393 e. The minimum absolute atomic E-state index is 0.128. The molecule has 1 unspecified atom stereocenters. The zero-order chi connectivity index (χ0) is 12.4. The molecule has 0 fully saturated rings. The predicted molar refractivity (Wildman–Crippen MR) is 72.6 cm³/mol. The minimum atomic E-state index is -0.128. The number of hydrogen-bond acceptors (Lipinski definition) is 1. The van der Waals surface area contributed by atoms with Gasteiger partial charge in [-0.05, 0) is 25.2 Å². The van der Waals surface area contributed by atoms with Crippen molar-refractivity contribution in [3.63, 3.8) is 0 Å². The Labute approximate surface area is 103 Å². The van der Waals surface area contributed by atoms with Crippen LogP contribution in [0.25, 0.3) is 0 Å². The van der Waals surface area contributed by atoms with Gasteiger partial charge in [-0.3, -0.25) is 0 Å². The molecule has 0 aromatic heterocycles. The normalized spacial score (nSPS) is 17.1. The fraction of sp³-hybridized carbons (Fsp3) is 1.00. The van der Waals surface area contributed by atoms with Crippen molar-refractivity contribution in [3.8, 4) is 0 Å². The molecule has 0 aromatic rings. The number of rotatable bonds is 10. The van der Waals surface area contributed by atoms with Gasteiger partial charge >= 0.3 is 0 Å². The topological polar surface area (TPSA) is 20.2 Å². The maximum absolute atomic E-state index is 9.27. The van der Waals surface area contributed by atoms with Crippen LogP contribution in [0.4, 0.5) is 0 Å². The van der Waals surface area contributed by atoms with Gasteiger partial charge in [-0.15, -0.1) is 0 Å². The number of aliphatic hydroxyl groups excluding tert-OH is 1. The maximum Gasteiger partial charge on any atom is 0.0514 e. The van der Waals surface area contributed by atoms with Crippen LogP contribution in [0.15, 0.2) is 0 Å². The summed E-state index contributed by atoms with van der Waals surface area (Å²) in [7, 11) is 0. The Hall–Kier alpha value is -0.0400. The molecule has 0 heterocycles. The molecule has 0 saturated heterocycles. The Bertz CT molecular complexity index is 142. The van der Waals surface area contributed by atoms with Crippen molar-refractivity contribution in [2.24, 2.45) is 11.8 Å². The first kappa shape index (κ1) is 16.0. The van der Waals surface area contributed by atoms with Gasteiger partial charge in [0.1, 0.15) is 0 Å². The quantitative estimate of drug-likeness (QED) is 0.533. The molecule has 1 nitrogen and oxygen atoms in total. The van der Waals surface area contributed by atoms with Gasteiger partial charge in [0.25, 0.3) is 0 Å². The molecular formula is C15H32O. The summed E-state index contributed by atoms with van der Waals surface area (Å²) in [6.45, 7) is 8.80. The molecule has 3 atom stereocenters. The highest BCUT2D eigenvalue weighted by Gasteiger charge is 2.07. The lowest BCUT2D eigenvalue weighted by Crippen LogP contribution is -2.07. The van der Waals surface area contributed by atoms with E-state index in [-0.39, 0.29) is 6.10 Å². The van der Waals surface area contributed by atoms with E-state index in [0.29, 0.717) is 5.92 Å². The van der Waals surface area contributed by atoms with Crippen molar-refractivity contribution < 1.29 is 5.11 Å². The van der Waals surface area contributed by atoms with Crippen molar-refractivity contribution in [2.75, 3.05) is 0 Å². The third-order valence-corrected chi connectivity index (χ3v) is 3.44. The lowest BCUT2D eigenvalue weighted by atomic mass is 9.93. The fourth-order valence-electron chi connectivity index (χ4n) is 2.40. The van der Waals surface area contributed by atoms with Crippen molar-refractivity contribution in [1.29, 1.82) is 0 Å². The summed E-state index contributed by atoms with van der Waals surface area (Å²) in [6.07, 6.45) is 10.3. The summed E-state index contributed by atoms with van der Waals surface area (Å²) in [6, 6.07) is 0. The van der Waals surface area contributed by atoms with Crippen LogP contribution < -0.4 is 0 Å². The maximum atomic E-state index is 9.27. The van der Waals surface area contributed by atoms with E-state index in [1.165, 1.54) is 44.9 Å². The Morgan fingerprint density at radius 2 is 1.38 bits per heavy atom. The van der Waals surface area contributed by atoms with Gasteiger partial charge in [0.15, 0.2) is 0 Å². The molecule has 0 aromatic carbocycles. The smallest absolute Gasteiger partial charge is 0.0514 e. The second-order valence-corrected chi connectivity index (χ2v) is 5.72. The molecule has 0 saturated carbocycles. The van der Waals surface area contributed by atoms with Gasteiger partial charge in [0.05, 0.1) is 6.10 Å². The third-order valence-electron chi connectivity index (χ3n) is 3.44. The lowest BCUT2D eigenvalue weighted by molar-refractivity contribution is 0.160. The average molecular weight is 228 g/mol. The molecule has 0 amide bonds. The van der Waals surface area contributed by atoms with E-state index in [9.17, 15) is 5.11 Å². The van der Waals surface area contributed by atoms with Gasteiger partial charge in [0.2, 0.25) is 0 Å². The summed E-state index contributed by atoms with van der Waals surface area (Å²) >= 11 is 0. The molecule has 0 aliphatic rings. The Balaban J connectivity index is 3.35. The number of aliphatic hydroxyl groups is 1. The SMILES string of the molecule is CCCCC[C@H](C)CCC[C@@H](C)CC(C)O. The highest BCUT2D eigenvalue weighted by molar-refractivity contribution is 4.60. The molecule has 0 rings (SSSR count). The van der Waals surface area contributed by atoms with Gasteiger partial charge in [-0.25, -0.2) is 0 Å². The summed E-state index contributed by atoms with van der Waals surface area (Å²) in [5.74, 6) is 1.58. The summed E-state index contributed by atoms with van der Waals surface area (Å²) < 4.78 is 0. The van der Waals surface area contributed by atoms with Crippen molar-refractivity contribution >= 4 is 0 Å². The molecule has 16 heavy (non-hydrogen) atoms. The van der Waals surface area contributed by atoms with E-state index in [0.717, 1.165) is 12.3 Å². The molecule has 1 N–H and O–H groups in total. The Morgan fingerprint density at radius 3 is 1.94 bits per heavy atom. The molecular weight excluding hydrogens is 196 g/mol. The lowest BCUT2D eigenvalue weighted by Gasteiger charge is -2.15. The van der Waals surface area contributed by atoms with Crippen LogP contribution in [0, 0.1) is 11.8 Å². The molecule has 0 radical (unpaired) electrons. The van der Waals surface area contributed by atoms with Crippen LogP contribution in [0.1, 0.15) is 79.1 Å². The van der Waals surface area contributed by atoms with E-state index in [1.807, 2.05) is 6.92 Å². The molecule has 0 bridgehead atoms. The van der Waals surface area contributed by atoms with Gasteiger partial charge in [-0.1, -0.05) is 65.7 Å². The highest BCUT2D eigenvalue weighted by Crippen LogP contribution is 2.20. The summed E-state index contributed by atoms with van der Waals surface area (Å²) in [5, 5.41) is 9.27. The third kappa shape index (κ3) is 10.5. The van der Waals surface area contributed by atoms with E-state index >= 15 is 0 Å². The van der Waals surface area contributed by atoms with E-state index in [1.54, 1.807) is 0 Å². The van der Waals surface area contributed by atoms with Gasteiger partial charge < -0.3 is 5.11 Å². The highest BCUT2D eigenvalue weighted by atomic mass is 16.3. The van der Waals surface area contributed by atoms with Crippen LogP contribution >= 0.6 is 0 Å². The monoisotopic (exact) mass is 228 g/mol. The van der Waals surface area contributed by atoms with Crippen molar-refractivity contribution in [2.45, 2.75) is 85.2 Å². The molecule has 1 heteroatoms. The molecule has 98 valence electrons.